The third-order valence-corrected chi connectivity index (χ3v) is 10.3. The van der Waals surface area contributed by atoms with E-state index in [9.17, 15) is 19.2 Å². The van der Waals surface area contributed by atoms with Crippen molar-refractivity contribution in [1.82, 2.24) is 24.6 Å². The Morgan fingerprint density at radius 1 is 0.864 bits per heavy atom. The van der Waals surface area contributed by atoms with Gasteiger partial charge in [-0.2, -0.15) is 10.00 Å². The zero-order valence-corrected chi connectivity index (χ0v) is 37.0. The number of aromatic nitrogens is 4. The molecule has 0 atom stereocenters. The smallest absolute Gasteiger partial charge is 0.425 e. The molecule has 1 aliphatic rings. The highest BCUT2D eigenvalue weighted by molar-refractivity contribution is 7.15. The Kier molecular flexibility index (Phi) is 14.1. The molecular weight excluding hydrogens is 777 g/mol. The van der Waals surface area contributed by atoms with Crippen molar-refractivity contribution in [3.05, 3.63) is 47.2 Å². The van der Waals surface area contributed by atoms with Crippen molar-refractivity contribution in [2.75, 3.05) is 31.8 Å². The van der Waals surface area contributed by atoms with Crippen LogP contribution >= 0.6 is 11.3 Å². The average molecular weight is 835 g/mol. The average Bonchev–Trinajstić information content (AvgIpc) is 3.75. The molecule has 4 aromatic rings. The fourth-order valence-corrected chi connectivity index (χ4v) is 7.72. The van der Waals surface area contributed by atoms with Gasteiger partial charge in [-0.05, 0) is 111 Å². The van der Waals surface area contributed by atoms with Gasteiger partial charge in [0.25, 0.3) is 0 Å². The molecule has 1 saturated heterocycles. The normalized spacial score (nSPS) is 13.9. The number of unbranched alkanes of at least 4 members (excludes halogenated alkanes) is 1. The summed E-state index contributed by atoms with van der Waals surface area (Å²) in [6.07, 6.45) is 3.82. The molecule has 1 fully saturated rings. The van der Waals surface area contributed by atoms with Gasteiger partial charge in [0.1, 0.15) is 21.8 Å². The van der Waals surface area contributed by atoms with E-state index < -0.39 is 35.1 Å². The number of anilines is 1. The van der Waals surface area contributed by atoms with Gasteiger partial charge in [-0.15, -0.1) is 11.3 Å². The number of pyridine rings is 1. The molecule has 16 heteroatoms. The van der Waals surface area contributed by atoms with E-state index in [4.69, 9.17) is 33.7 Å². The second-order valence-electron chi connectivity index (χ2n) is 17.6. The van der Waals surface area contributed by atoms with Gasteiger partial charge in [0.05, 0.1) is 24.5 Å². The first-order valence-corrected chi connectivity index (χ1v) is 20.8. The van der Waals surface area contributed by atoms with Crippen molar-refractivity contribution in [1.29, 1.82) is 0 Å². The summed E-state index contributed by atoms with van der Waals surface area (Å²) in [5.41, 5.74) is 0.590. The number of ether oxygens (including phenoxy) is 5. The van der Waals surface area contributed by atoms with E-state index in [1.54, 1.807) is 65.7 Å². The molecule has 1 aromatic carbocycles. The van der Waals surface area contributed by atoms with Crippen LogP contribution in [0.2, 0.25) is 0 Å². The highest BCUT2D eigenvalue weighted by Gasteiger charge is 2.36. The Labute approximate surface area is 350 Å². The number of carbonyl (C=O) groups is 4. The standard InChI is InChI=1S/C43H58N6O9S/c1-41(2,3)56-34(50)14-12-13-21-55-38(51)47(10)26-32-35(27-18-22-54-23-19-27)59-37(46-32)31-25-44-36(30-24-28(15-16-29(30)31)33-17-20-45-48(33)11)49(39(52)57-42(4,5)6)40(53)58-43(7,8)9/h15-17,20,24-25,27H,12-14,18-19,21-23,26H2,1-11H3. The molecule has 0 aliphatic carbocycles. The van der Waals surface area contributed by atoms with Crippen LogP contribution in [0.15, 0.2) is 36.7 Å². The van der Waals surface area contributed by atoms with Crippen LogP contribution in [0.5, 0.6) is 0 Å². The Morgan fingerprint density at radius 2 is 1.51 bits per heavy atom. The summed E-state index contributed by atoms with van der Waals surface area (Å²) in [6.45, 7) is 17.4. The number of rotatable bonds is 11. The number of benzene rings is 1. The summed E-state index contributed by atoms with van der Waals surface area (Å²) in [5, 5.41) is 6.15. The maximum atomic E-state index is 13.9. The Balaban J connectivity index is 1.52. The molecule has 0 radical (unpaired) electrons. The minimum atomic E-state index is -0.935. The lowest BCUT2D eigenvalue weighted by atomic mass is 9.97. The first-order chi connectivity index (χ1) is 27.6. The minimum Gasteiger partial charge on any atom is -0.460 e. The monoisotopic (exact) mass is 834 g/mol. The third kappa shape index (κ3) is 12.2. The molecule has 15 nitrogen and oxygen atoms in total. The number of hydrogen-bond donors (Lipinski definition) is 0. The van der Waals surface area contributed by atoms with Crippen LogP contribution in [0.25, 0.3) is 32.6 Å². The van der Waals surface area contributed by atoms with Gasteiger partial charge in [-0.25, -0.2) is 24.4 Å². The second kappa shape index (κ2) is 18.4. The second-order valence-corrected chi connectivity index (χ2v) is 18.7. The number of imide groups is 1. The van der Waals surface area contributed by atoms with Crippen LogP contribution in [-0.2, 0) is 42.1 Å². The van der Waals surface area contributed by atoms with Gasteiger partial charge in [0, 0.05) is 67.5 Å². The van der Waals surface area contributed by atoms with E-state index >= 15 is 0 Å². The molecule has 4 heterocycles. The van der Waals surface area contributed by atoms with Crippen LogP contribution in [0.4, 0.5) is 20.2 Å². The first kappa shape index (κ1) is 45.0. The van der Waals surface area contributed by atoms with Crippen LogP contribution in [-0.4, -0.2) is 92.6 Å². The summed E-state index contributed by atoms with van der Waals surface area (Å²) in [6, 6.07) is 7.60. The SMILES string of the molecule is CN(Cc1nc(-c2cnc(N(C(=O)OC(C)(C)C)C(=O)OC(C)(C)C)c3cc(-c4ccnn4C)ccc23)sc1C1CCOCC1)C(=O)OCCCCC(=O)OC(C)(C)C. The summed E-state index contributed by atoms with van der Waals surface area (Å²) < 4.78 is 29.8. The molecule has 0 saturated carbocycles. The number of fused-ring (bicyclic) bond motifs is 1. The largest absolute Gasteiger partial charge is 0.460 e. The summed E-state index contributed by atoms with van der Waals surface area (Å²) >= 11 is 1.53. The molecule has 3 amide bonds. The van der Waals surface area contributed by atoms with E-state index in [1.807, 2.05) is 52.1 Å². The molecule has 0 unspecified atom stereocenters. The van der Waals surface area contributed by atoms with Crippen molar-refractivity contribution in [2.45, 2.75) is 124 Å². The molecule has 1 aliphatic heterocycles. The predicted octanol–water partition coefficient (Wildman–Crippen LogP) is 9.41. The molecule has 3 aromatic heterocycles. The molecular formula is C43H58N6O9S. The lowest BCUT2D eigenvalue weighted by Crippen LogP contribution is -2.44. The fraction of sp³-hybridized carbons (Fsp3) is 0.558. The number of aryl methyl sites for hydroxylation is 1. The van der Waals surface area contributed by atoms with Crippen LogP contribution < -0.4 is 4.90 Å². The van der Waals surface area contributed by atoms with Crippen LogP contribution in [0, 0.1) is 0 Å². The van der Waals surface area contributed by atoms with Crippen molar-refractivity contribution < 1.29 is 42.9 Å². The van der Waals surface area contributed by atoms with Gasteiger partial charge in [0.2, 0.25) is 0 Å². The Bertz CT molecular complexity index is 2110. The fourth-order valence-electron chi connectivity index (χ4n) is 6.45. The number of carbonyl (C=O) groups excluding carboxylic acids is 4. The van der Waals surface area contributed by atoms with Crippen LogP contribution in [0.1, 0.15) is 111 Å². The van der Waals surface area contributed by atoms with Crippen LogP contribution in [0.3, 0.4) is 0 Å². The maximum absolute atomic E-state index is 13.9. The van der Waals surface area contributed by atoms with Crippen molar-refractivity contribution in [3.8, 4) is 21.8 Å². The topological polar surface area (TPSA) is 165 Å². The number of esters is 1. The predicted molar refractivity (Wildman–Crippen MR) is 225 cm³/mol. The van der Waals surface area contributed by atoms with Gasteiger partial charge in [-0.3, -0.25) is 9.48 Å². The van der Waals surface area contributed by atoms with Gasteiger partial charge in [-0.1, -0.05) is 12.1 Å². The maximum Gasteiger partial charge on any atom is 0.425 e. The van der Waals surface area contributed by atoms with Crippen molar-refractivity contribution in [2.24, 2.45) is 7.05 Å². The highest BCUT2D eigenvalue weighted by Crippen LogP contribution is 2.42. The number of hydrogen-bond acceptors (Lipinski definition) is 13. The van der Waals surface area contributed by atoms with Gasteiger partial charge >= 0.3 is 24.2 Å². The van der Waals surface area contributed by atoms with E-state index in [2.05, 4.69) is 5.10 Å². The minimum absolute atomic E-state index is 0.0336. The first-order valence-electron chi connectivity index (χ1n) is 19.9. The van der Waals surface area contributed by atoms with E-state index in [0.717, 1.165) is 39.6 Å². The van der Waals surface area contributed by atoms with Gasteiger partial charge < -0.3 is 28.6 Å². The van der Waals surface area contributed by atoms with E-state index in [1.165, 1.54) is 16.2 Å². The zero-order valence-electron chi connectivity index (χ0n) is 36.2. The molecule has 0 spiro atoms. The summed E-state index contributed by atoms with van der Waals surface area (Å²) in [5.74, 6) is -0.0888. The Hall–Kier alpha value is -5.09. The van der Waals surface area contributed by atoms with E-state index in [-0.39, 0.29) is 37.3 Å². The number of thiazole rings is 1. The van der Waals surface area contributed by atoms with E-state index in [0.29, 0.717) is 47.4 Å². The number of nitrogens with zero attached hydrogens (tertiary/aromatic N) is 6. The Morgan fingerprint density at radius 3 is 2.10 bits per heavy atom. The quantitative estimate of drug-likeness (QED) is 0.0800. The van der Waals surface area contributed by atoms with Crippen molar-refractivity contribution >= 4 is 52.2 Å². The molecule has 59 heavy (non-hydrogen) atoms. The molecule has 5 rings (SSSR count). The van der Waals surface area contributed by atoms with Gasteiger partial charge in [0.15, 0.2) is 5.82 Å². The third-order valence-electron chi connectivity index (χ3n) is 9.02. The molecule has 0 N–H and O–H groups in total. The lowest BCUT2D eigenvalue weighted by molar-refractivity contribution is -0.154. The zero-order chi connectivity index (χ0) is 43.3. The number of amides is 3. The molecule has 320 valence electrons. The summed E-state index contributed by atoms with van der Waals surface area (Å²) in [7, 11) is 3.50. The van der Waals surface area contributed by atoms with Crippen molar-refractivity contribution in [3.63, 3.8) is 0 Å². The lowest BCUT2D eigenvalue weighted by Gasteiger charge is -2.28. The summed E-state index contributed by atoms with van der Waals surface area (Å²) in [4.78, 5) is 66.3. The molecule has 0 bridgehead atoms. The highest BCUT2D eigenvalue weighted by atomic mass is 32.1.